The number of rotatable bonds is 5. The fraction of sp³-hybridized carbons (Fsp3) is 0.190. The minimum absolute atomic E-state index is 0.200. The van der Waals surface area contributed by atoms with Gasteiger partial charge in [-0.25, -0.2) is 9.37 Å². The summed E-state index contributed by atoms with van der Waals surface area (Å²) in [6.45, 7) is 5.77. The van der Waals surface area contributed by atoms with Crippen molar-refractivity contribution in [2.75, 3.05) is 11.9 Å². The van der Waals surface area contributed by atoms with Crippen molar-refractivity contribution >= 4 is 33.3 Å². The first-order valence-corrected chi connectivity index (χ1v) is 9.84. The van der Waals surface area contributed by atoms with Crippen LogP contribution in [-0.2, 0) is 4.79 Å². The van der Waals surface area contributed by atoms with Gasteiger partial charge in [-0.05, 0) is 68.3 Å². The molecule has 2 aromatic heterocycles. The summed E-state index contributed by atoms with van der Waals surface area (Å²) in [7, 11) is 0. The van der Waals surface area contributed by atoms with Crippen LogP contribution in [0.5, 0.6) is 5.75 Å². The highest BCUT2D eigenvalue weighted by atomic mass is 32.1. The SMILES string of the molecule is Cc1cc(NC(=O)COc2ccc(F)cc2)n(-c2nc3cc(C)c(C)cc3s2)n1. The van der Waals surface area contributed by atoms with Crippen molar-refractivity contribution in [3.05, 3.63) is 65.1 Å². The number of carbonyl (C=O) groups excluding carboxylic acids is 1. The highest BCUT2D eigenvalue weighted by molar-refractivity contribution is 7.20. The maximum absolute atomic E-state index is 13.0. The van der Waals surface area contributed by atoms with E-state index in [0.29, 0.717) is 16.7 Å². The number of anilines is 1. The Hall–Kier alpha value is -3.26. The van der Waals surface area contributed by atoms with Crippen molar-refractivity contribution in [1.82, 2.24) is 14.8 Å². The second kappa shape index (κ2) is 7.63. The van der Waals surface area contributed by atoms with E-state index < -0.39 is 0 Å². The number of benzene rings is 2. The Balaban J connectivity index is 1.53. The highest BCUT2D eigenvalue weighted by Gasteiger charge is 2.15. The van der Waals surface area contributed by atoms with E-state index in [-0.39, 0.29) is 18.3 Å². The summed E-state index contributed by atoms with van der Waals surface area (Å²) in [5.41, 5.74) is 4.04. The quantitative estimate of drug-likeness (QED) is 0.524. The van der Waals surface area contributed by atoms with E-state index in [9.17, 15) is 9.18 Å². The van der Waals surface area contributed by atoms with Gasteiger partial charge in [0.2, 0.25) is 5.13 Å². The van der Waals surface area contributed by atoms with Gasteiger partial charge in [0.05, 0.1) is 15.9 Å². The lowest BCUT2D eigenvalue weighted by molar-refractivity contribution is -0.118. The fourth-order valence-electron chi connectivity index (χ4n) is 2.85. The molecule has 0 radical (unpaired) electrons. The van der Waals surface area contributed by atoms with E-state index in [2.05, 4.69) is 41.4 Å². The molecule has 29 heavy (non-hydrogen) atoms. The van der Waals surface area contributed by atoms with Gasteiger partial charge < -0.3 is 10.1 Å². The summed E-state index contributed by atoms with van der Waals surface area (Å²) in [5.74, 6) is 0.233. The number of hydrogen-bond acceptors (Lipinski definition) is 5. The van der Waals surface area contributed by atoms with Gasteiger partial charge in [-0.2, -0.15) is 9.78 Å². The third-order valence-corrected chi connectivity index (χ3v) is 5.45. The zero-order valence-electron chi connectivity index (χ0n) is 16.2. The van der Waals surface area contributed by atoms with Crippen molar-refractivity contribution in [2.45, 2.75) is 20.8 Å². The second-order valence-corrected chi connectivity index (χ2v) is 7.78. The van der Waals surface area contributed by atoms with Crippen molar-refractivity contribution in [1.29, 1.82) is 0 Å². The van der Waals surface area contributed by atoms with Gasteiger partial charge in [-0.3, -0.25) is 4.79 Å². The lowest BCUT2D eigenvalue weighted by Crippen LogP contribution is -2.21. The summed E-state index contributed by atoms with van der Waals surface area (Å²) >= 11 is 1.51. The number of halogens is 1. The number of thiazole rings is 1. The average molecular weight is 410 g/mol. The van der Waals surface area contributed by atoms with E-state index in [1.807, 2.05) is 6.92 Å². The summed E-state index contributed by atoms with van der Waals surface area (Å²) < 4.78 is 21.0. The van der Waals surface area contributed by atoms with E-state index in [1.54, 1.807) is 10.7 Å². The zero-order valence-corrected chi connectivity index (χ0v) is 17.0. The van der Waals surface area contributed by atoms with Gasteiger partial charge in [-0.1, -0.05) is 11.3 Å². The zero-order chi connectivity index (χ0) is 20.5. The normalized spacial score (nSPS) is 11.0. The van der Waals surface area contributed by atoms with Gasteiger partial charge in [0.25, 0.3) is 5.91 Å². The first kappa shape index (κ1) is 19.1. The molecule has 8 heteroatoms. The molecule has 4 aromatic rings. The number of aryl methyl sites for hydroxylation is 3. The minimum Gasteiger partial charge on any atom is -0.484 e. The van der Waals surface area contributed by atoms with Crippen LogP contribution in [0.25, 0.3) is 15.3 Å². The first-order chi connectivity index (χ1) is 13.9. The molecule has 0 unspecified atom stereocenters. The molecule has 0 atom stereocenters. The fourth-order valence-corrected chi connectivity index (χ4v) is 3.86. The summed E-state index contributed by atoms with van der Waals surface area (Å²) in [4.78, 5) is 17.0. The first-order valence-electron chi connectivity index (χ1n) is 9.02. The van der Waals surface area contributed by atoms with Crippen molar-refractivity contribution in [3.63, 3.8) is 0 Å². The van der Waals surface area contributed by atoms with Gasteiger partial charge in [0.15, 0.2) is 6.61 Å². The Morgan fingerprint density at radius 3 is 2.62 bits per heavy atom. The second-order valence-electron chi connectivity index (χ2n) is 6.77. The van der Waals surface area contributed by atoms with E-state index in [0.717, 1.165) is 15.9 Å². The number of ether oxygens (including phenoxy) is 1. The molecular weight excluding hydrogens is 391 g/mol. The molecule has 6 nitrogen and oxygen atoms in total. The monoisotopic (exact) mass is 410 g/mol. The van der Waals surface area contributed by atoms with Crippen molar-refractivity contribution < 1.29 is 13.9 Å². The average Bonchev–Trinajstić information content (AvgIpc) is 3.24. The van der Waals surface area contributed by atoms with Gasteiger partial charge >= 0.3 is 0 Å². The molecule has 1 N–H and O–H groups in total. The van der Waals surface area contributed by atoms with Crippen LogP contribution in [-0.4, -0.2) is 27.3 Å². The van der Waals surface area contributed by atoms with E-state index >= 15 is 0 Å². The standard InChI is InChI=1S/C21H19FN4O2S/c1-12-8-17-18(9-13(12)2)29-21(23-17)26-19(10-14(3)25-26)24-20(27)11-28-16-6-4-15(22)5-7-16/h4-10H,11H2,1-3H3,(H,24,27). The molecule has 0 aliphatic heterocycles. The Labute approximate surface area is 171 Å². The largest absolute Gasteiger partial charge is 0.484 e. The Bertz CT molecular complexity index is 1160. The molecule has 148 valence electrons. The van der Waals surface area contributed by atoms with Crippen LogP contribution < -0.4 is 10.1 Å². The van der Waals surface area contributed by atoms with E-state index in [1.165, 1.54) is 46.7 Å². The molecule has 2 heterocycles. The summed E-state index contributed by atoms with van der Waals surface area (Å²) in [6.07, 6.45) is 0. The van der Waals surface area contributed by atoms with Crippen LogP contribution in [0.3, 0.4) is 0 Å². The molecule has 0 spiro atoms. The van der Waals surface area contributed by atoms with Crippen LogP contribution >= 0.6 is 11.3 Å². The van der Waals surface area contributed by atoms with Crippen molar-refractivity contribution in [2.24, 2.45) is 0 Å². The third kappa shape index (κ3) is 4.12. The Kier molecular flexibility index (Phi) is 5.02. The molecule has 0 bridgehead atoms. The lowest BCUT2D eigenvalue weighted by Gasteiger charge is -2.08. The number of aromatic nitrogens is 3. The topological polar surface area (TPSA) is 69.0 Å². The van der Waals surface area contributed by atoms with Gasteiger partial charge in [0, 0.05) is 6.07 Å². The number of fused-ring (bicyclic) bond motifs is 1. The summed E-state index contributed by atoms with van der Waals surface area (Å²) in [6, 6.07) is 11.4. The minimum atomic E-state index is -0.359. The van der Waals surface area contributed by atoms with Crippen LogP contribution in [0.15, 0.2) is 42.5 Å². The number of hydrogen-bond donors (Lipinski definition) is 1. The van der Waals surface area contributed by atoms with Crippen LogP contribution in [0.1, 0.15) is 16.8 Å². The number of amides is 1. The smallest absolute Gasteiger partial charge is 0.263 e. The van der Waals surface area contributed by atoms with Crippen LogP contribution in [0.4, 0.5) is 10.2 Å². The van der Waals surface area contributed by atoms with E-state index in [4.69, 9.17) is 4.74 Å². The van der Waals surface area contributed by atoms with Gasteiger partial charge in [0.1, 0.15) is 17.4 Å². The maximum atomic E-state index is 13.0. The number of nitrogens with zero attached hydrogens (tertiary/aromatic N) is 3. The molecule has 0 saturated heterocycles. The lowest BCUT2D eigenvalue weighted by atomic mass is 10.1. The predicted molar refractivity (Wildman–Crippen MR) is 111 cm³/mol. The number of nitrogens with one attached hydrogen (secondary N) is 1. The van der Waals surface area contributed by atoms with Gasteiger partial charge in [-0.15, -0.1) is 0 Å². The molecule has 4 rings (SSSR count). The summed E-state index contributed by atoms with van der Waals surface area (Å²) in [5, 5.41) is 7.95. The number of carbonyl (C=O) groups is 1. The molecule has 1 amide bonds. The maximum Gasteiger partial charge on any atom is 0.263 e. The predicted octanol–water partition coefficient (Wildman–Crippen LogP) is 4.56. The Morgan fingerprint density at radius 1 is 1.14 bits per heavy atom. The van der Waals surface area contributed by atoms with Crippen molar-refractivity contribution in [3.8, 4) is 10.9 Å². The molecular formula is C21H19FN4O2S. The van der Waals surface area contributed by atoms with Crippen LogP contribution in [0.2, 0.25) is 0 Å². The third-order valence-electron chi connectivity index (χ3n) is 4.46. The Morgan fingerprint density at radius 2 is 1.86 bits per heavy atom. The molecule has 0 saturated carbocycles. The molecule has 0 aliphatic carbocycles. The highest BCUT2D eigenvalue weighted by Crippen LogP contribution is 2.29. The molecule has 0 aliphatic rings. The molecule has 0 fully saturated rings. The molecule has 2 aromatic carbocycles. The van der Waals surface area contributed by atoms with Crippen LogP contribution in [0, 0.1) is 26.6 Å².